The quantitative estimate of drug-likeness (QED) is 0.798. The lowest BCUT2D eigenvalue weighted by molar-refractivity contribution is 0.296. The SMILES string of the molecule is CC.CC(C)C1CCCNC1.CNCCC(C)C. The molecule has 2 nitrogen and oxygen atoms in total. The molecule has 0 spiro atoms. The Kier molecular flexibility index (Phi) is 16.8. The highest BCUT2D eigenvalue weighted by molar-refractivity contribution is 4.70. The smallest absolute Gasteiger partial charge is 0.00181 e. The molecule has 0 aliphatic carbocycles. The molecule has 0 aromatic heterocycles. The Morgan fingerprint density at radius 1 is 1.17 bits per heavy atom. The van der Waals surface area contributed by atoms with Crippen LogP contribution in [0.5, 0.6) is 0 Å². The van der Waals surface area contributed by atoms with Crippen molar-refractivity contribution in [1.82, 2.24) is 10.6 Å². The van der Waals surface area contributed by atoms with Gasteiger partial charge in [0.2, 0.25) is 0 Å². The van der Waals surface area contributed by atoms with E-state index in [1.807, 2.05) is 20.9 Å². The van der Waals surface area contributed by atoms with Gasteiger partial charge in [-0.05, 0) is 63.7 Å². The van der Waals surface area contributed by atoms with Crippen LogP contribution in [0.2, 0.25) is 0 Å². The third-order valence-corrected chi connectivity index (χ3v) is 3.25. The lowest BCUT2D eigenvalue weighted by Gasteiger charge is -2.25. The summed E-state index contributed by atoms with van der Waals surface area (Å²) in [5.74, 6) is 2.66. The number of hydrogen-bond acceptors (Lipinski definition) is 2. The normalized spacial score (nSPS) is 18.8. The number of hydrogen-bond donors (Lipinski definition) is 2. The summed E-state index contributed by atoms with van der Waals surface area (Å²) in [5.41, 5.74) is 0. The molecule has 1 saturated heterocycles. The molecule has 1 unspecified atom stereocenters. The summed E-state index contributed by atoms with van der Waals surface area (Å²) in [6, 6.07) is 0. The van der Waals surface area contributed by atoms with Gasteiger partial charge in [0.25, 0.3) is 0 Å². The van der Waals surface area contributed by atoms with Gasteiger partial charge in [-0.1, -0.05) is 41.5 Å². The van der Waals surface area contributed by atoms with Crippen molar-refractivity contribution in [3.05, 3.63) is 0 Å². The first-order chi connectivity index (χ1) is 8.57. The maximum absolute atomic E-state index is 3.42. The molecule has 0 bridgehead atoms. The molecular weight excluding hydrogens is 220 g/mol. The first kappa shape index (κ1) is 20.2. The van der Waals surface area contributed by atoms with Gasteiger partial charge < -0.3 is 10.6 Å². The van der Waals surface area contributed by atoms with Gasteiger partial charge in [0.05, 0.1) is 0 Å². The van der Waals surface area contributed by atoms with E-state index in [2.05, 4.69) is 38.3 Å². The zero-order valence-electron chi connectivity index (χ0n) is 14.0. The van der Waals surface area contributed by atoms with Crippen molar-refractivity contribution < 1.29 is 0 Å². The third kappa shape index (κ3) is 14.0. The summed E-state index contributed by atoms with van der Waals surface area (Å²) in [7, 11) is 1.99. The second-order valence-electron chi connectivity index (χ2n) is 5.64. The van der Waals surface area contributed by atoms with Gasteiger partial charge in [0.15, 0.2) is 0 Å². The van der Waals surface area contributed by atoms with Gasteiger partial charge in [-0.25, -0.2) is 0 Å². The highest BCUT2D eigenvalue weighted by Crippen LogP contribution is 2.18. The molecule has 1 fully saturated rings. The predicted octanol–water partition coefficient (Wildman–Crippen LogP) is 3.92. The summed E-state index contributed by atoms with van der Waals surface area (Å²) in [5, 5.41) is 6.52. The molecule has 0 radical (unpaired) electrons. The Labute approximate surface area is 116 Å². The summed E-state index contributed by atoms with van der Waals surface area (Å²) < 4.78 is 0. The highest BCUT2D eigenvalue weighted by atomic mass is 14.9. The molecule has 1 rings (SSSR count). The van der Waals surface area contributed by atoms with Crippen LogP contribution in [0.25, 0.3) is 0 Å². The Morgan fingerprint density at radius 2 is 1.78 bits per heavy atom. The van der Waals surface area contributed by atoms with E-state index in [-0.39, 0.29) is 0 Å². The lowest BCUT2D eigenvalue weighted by Crippen LogP contribution is -2.32. The molecule has 1 aliphatic heterocycles. The van der Waals surface area contributed by atoms with E-state index in [9.17, 15) is 0 Å². The summed E-state index contributed by atoms with van der Waals surface area (Å²) >= 11 is 0. The minimum atomic E-state index is 0.840. The molecule has 0 aromatic rings. The molecule has 18 heavy (non-hydrogen) atoms. The molecule has 2 heteroatoms. The molecule has 112 valence electrons. The van der Waals surface area contributed by atoms with Crippen molar-refractivity contribution in [3.63, 3.8) is 0 Å². The zero-order valence-corrected chi connectivity index (χ0v) is 14.0. The second-order valence-corrected chi connectivity index (χ2v) is 5.64. The minimum absolute atomic E-state index is 0.840. The van der Waals surface area contributed by atoms with Crippen molar-refractivity contribution in [3.8, 4) is 0 Å². The maximum atomic E-state index is 3.42. The average Bonchev–Trinajstić information content (AvgIpc) is 2.40. The van der Waals surface area contributed by atoms with Gasteiger partial charge >= 0.3 is 0 Å². The predicted molar refractivity (Wildman–Crippen MR) is 85.2 cm³/mol. The molecule has 1 atom stereocenters. The van der Waals surface area contributed by atoms with Gasteiger partial charge in [0.1, 0.15) is 0 Å². The van der Waals surface area contributed by atoms with Crippen LogP contribution in [-0.2, 0) is 0 Å². The summed E-state index contributed by atoms with van der Waals surface area (Å²) in [6.07, 6.45) is 4.10. The van der Waals surface area contributed by atoms with Crippen LogP contribution >= 0.6 is 0 Å². The van der Waals surface area contributed by atoms with E-state index in [1.165, 1.54) is 32.4 Å². The average molecular weight is 258 g/mol. The van der Waals surface area contributed by atoms with Crippen LogP contribution in [-0.4, -0.2) is 26.7 Å². The number of rotatable bonds is 4. The number of piperidine rings is 1. The highest BCUT2D eigenvalue weighted by Gasteiger charge is 2.15. The van der Waals surface area contributed by atoms with E-state index < -0.39 is 0 Å². The fourth-order valence-corrected chi connectivity index (χ4v) is 1.88. The third-order valence-electron chi connectivity index (χ3n) is 3.25. The van der Waals surface area contributed by atoms with Crippen LogP contribution in [0, 0.1) is 17.8 Å². The van der Waals surface area contributed by atoms with Gasteiger partial charge in [-0.15, -0.1) is 0 Å². The van der Waals surface area contributed by atoms with Crippen molar-refractivity contribution in [1.29, 1.82) is 0 Å². The summed E-state index contributed by atoms with van der Waals surface area (Å²) in [4.78, 5) is 0. The maximum Gasteiger partial charge on any atom is -0.00181 e. The van der Waals surface area contributed by atoms with E-state index in [0.717, 1.165) is 24.3 Å². The largest absolute Gasteiger partial charge is 0.320 e. The van der Waals surface area contributed by atoms with Crippen LogP contribution in [0.3, 0.4) is 0 Å². The standard InChI is InChI=1S/C8H17N.C6H15N.C2H6/c1-7(2)8-4-3-5-9-6-8;1-6(2)4-5-7-3;1-2/h7-9H,3-6H2,1-2H3;6-7H,4-5H2,1-3H3;1-2H3. The lowest BCUT2D eigenvalue weighted by atomic mass is 9.89. The molecule has 0 saturated carbocycles. The van der Waals surface area contributed by atoms with Crippen molar-refractivity contribution in [2.24, 2.45) is 17.8 Å². The topological polar surface area (TPSA) is 24.1 Å². The summed E-state index contributed by atoms with van der Waals surface area (Å²) in [6.45, 7) is 16.7. The Bertz CT molecular complexity index is 138. The molecular formula is C16H38N2. The molecule has 0 aromatic carbocycles. The second kappa shape index (κ2) is 15.0. The monoisotopic (exact) mass is 258 g/mol. The zero-order chi connectivity index (χ0) is 14.4. The van der Waals surface area contributed by atoms with Crippen molar-refractivity contribution >= 4 is 0 Å². The van der Waals surface area contributed by atoms with E-state index in [1.54, 1.807) is 0 Å². The molecule has 1 aliphatic rings. The fourth-order valence-electron chi connectivity index (χ4n) is 1.88. The first-order valence-corrected chi connectivity index (χ1v) is 7.93. The van der Waals surface area contributed by atoms with Crippen molar-refractivity contribution in [2.75, 3.05) is 26.7 Å². The van der Waals surface area contributed by atoms with Crippen LogP contribution in [0.4, 0.5) is 0 Å². The van der Waals surface area contributed by atoms with Gasteiger partial charge in [0, 0.05) is 0 Å². The van der Waals surface area contributed by atoms with Crippen LogP contribution in [0.15, 0.2) is 0 Å². The first-order valence-electron chi connectivity index (χ1n) is 7.93. The van der Waals surface area contributed by atoms with Crippen LogP contribution in [0.1, 0.15) is 60.8 Å². The van der Waals surface area contributed by atoms with E-state index in [4.69, 9.17) is 0 Å². The van der Waals surface area contributed by atoms with E-state index >= 15 is 0 Å². The molecule has 1 heterocycles. The van der Waals surface area contributed by atoms with Crippen molar-refractivity contribution in [2.45, 2.75) is 60.8 Å². The molecule has 2 N–H and O–H groups in total. The molecule has 0 amide bonds. The Balaban J connectivity index is 0. The fraction of sp³-hybridized carbons (Fsp3) is 1.00. The van der Waals surface area contributed by atoms with Gasteiger partial charge in [-0.3, -0.25) is 0 Å². The van der Waals surface area contributed by atoms with E-state index in [0.29, 0.717) is 0 Å². The Morgan fingerprint density at radius 3 is 2.00 bits per heavy atom. The number of nitrogens with one attached hydrogen (secondary N) is 2. The minimum Gasteiger partial charge on any atom is -0.320 e. The Hall–Kier alpha value is -0.0800. The van der Waals surface area contributed by atoms with Gasteiger partial charge in [-0.2, -0.15) is 0 Å². The van der Waals surface area contributed by atoms with Crippen LogP contribution < -0.4 is 10.6 Å².